The van der Waals surface area contributed by atoms with Crippen molar-refractivity contribution in [2.45, 2.75) is 58.7 Å². The molecule has 0 aliphatic carbocycles. The minimum Gasteiger partial charge on any atom is -0.481 e. The van der Waals surface area contributed by atoms with Crippen molar-refractivity contribution in [3.05, 3.63) is 35.9 Å². The average Bonchev–Trinajstić information content (AvgIpc) is 2.37. The third-order valence-electron chi connectivity index (χ3n) is 3.61. The summed E-state index contributed by atoms with van der Waals surface area (Å²) in [6.07, 6.45) is 1.16. The molecular weight excluding hydrogens is 238 g/mol. The molecule has 0 bridgehead atoms. The van der Waals surface area contributed by atoms with E-state index in [1.165, 1.54) is 0 Å². The van der Waals surface area contributed by atoms with E-state index >= 15 is 0 Å². The Kier molecular flexibility index (Phi) is 6.03. The van der Waals surface area contributed by atoms with Gasteiger partial charge in [0.05, 0.1) is 6.42 Å². The Balaban J connectivity index is 3.10. The van der Waals surface area contributed by atoms with E-state index in [9.17, 15) is 9.90 Å². The minimum absolute atomic E-state index is 0.0614. The van der Waals surface area contributed by atoms with E-state index in [0.717, 1.165) is 12.0 Å². The third kappa shape index (κ3) is 4.35. The number of benzene rings is 1. The van der Waals surface area contributed by atoms with Crippen molar-refractivity contribution in [1.82, 2.24) is 4.90 Å². The van der Waals surface area contributed by atoms with Gasteiger partial charge in [0.15, 0.2) is 0 Å². The van der Waals surface area contributed by atoms with Crippen LogP contribution in [0.1, 0.15) is 52.1 Å². The van der Waals surface area contributed by atoms with Crippen molar-refractivity contribution < 1.29 is 9.90 Å². The van der Waals surface area contributed by atoms with Crippen LogP contribution in [-0.2, 0) is 4.79 Å². The van der Waals surface area contributed by atoms with Crippen molar-refractivity contribution >= 4 is 5.97 Å². The highest BCUT2D eigenvalue weighted by Crippen LogP contribution is 2.29. The van der Waals surface area contributed by atoms with Gasteiger partial charge in [0.2, 0.25) is 0 Å². The van der Waals surface area contributed by atoms with Crippen molar-refractivity contribution in [1.29, 1.82) is 0 Å². The normalized spacial score (nSPS) is 14.6. The fourth-order valence-corrected chi connectivity index (χ4v) is 2.62. The molecule has 3 heteroatoms. The fourth-order valence-electron chi connectivity index (χ4n) is 2.62. The van der Waals surface area contributed by atoms with E-state index in [1.807, 2.05) is 30.3 Å². The van der Waals surface area contributed by atoms with Crippen molar-refractivity contribution in [2.75, 3.05) is 0 Å². The van der Waals surface area contributed by atoms with E-state index < -0.39 is 5.97 Å². The monoisotopic (exact) mass is 263 g/mol. The summed E-state index contributed by atoms with van der Waals surface area (Å²) >= 11 is 0. The van der Waals surface area contributed by atoms with Gasteiger partial charge in [-0.1, -0.05) is 37.3 Å². The zero-order valence-electron chi connectivity index (χ0n) is 12.3. The second kappa shape index (κ2) is 7.29. The van der Waals surface area contributed by atoms with Crippen LogP contribution in [0.2, 0.25) is 0 Å². The highest BCUT2D eigenvalue weighted by molar-refractivity contribution is 5.68. The van der Waals surface area contributed by atoms with Gasteiger partial charge in [-0.05, 0) is 32.8 Å². The van der Waals surface area contributed by atoms with Crippen LogP contribution in [0.25, 0.3) is 0 Å². The number of carbonyl (C=O) groups is 1. The highest BCUT2D eigenvalue weighted by Gasteiger charge is 2.28. The maximum Gasteiger partial charge on any atom is 0.305 e. The molecule has 0 radical (unpaired) electrons. The topological polar surface area (TPSA) is 40.5 Å². The number of aliphatic carboxylic acids is 1. The van der Waals surface area contributed by atoms with Gasteiger partial charge in [0.1, 0.15) is 0 Å². The number of hydrogen-bond acceptors (Lipinski definition) is 2. The molecule has 0 spiro atoms. The van der Waals surface area contributed by atoms with Gasteiger partial charge in [0.25, 0.3) is 0 Å². The van der Waals surface area contributed by atoms with Crippen LogP contribution in [0, 0.1) is 0 Å². The summed E-state index contributed by atoms with van der Waals surface area (Å²) in [6.45, 7) is 8.56. The molecule has 1 aromatic carbocycles. The van der Waals surface area contributed by atoms with Gasteiger partial charge in [-0.3, -0.25) is 9.69 Å². The van der Waals surface area contributed by atoms with Crippen LogP contribution in [0.3, 0.4) is 0 Å². The second-order valence-corrected chi connectivity index (χ2v) is 5.32. The standard InChI is InChI=1S/C16H25NO2/c1-5-13(4)17(12(2)3)15(11-16(18)19)14-9-7-6-8-10-14/h6-10,12-13,15H,5,11H2,1-4H3,(H,18,19). The van der Waals surface area contributed by atoms with Gasteiger partial charge in [-0.15, -0.1) is 0 Å². The Morgan fingerprint density at radius 2 is 1.79 bits per heavy atom. The molecule has 0 saturated heterocycles. The summed E-state index contributed by atoms with van der Waals surface area (Å²) in [7, 11) is 0. The molecule has 0 amide bonds. The number of hydrogen-bond donors (Lipinski definition) is 1. The smallest absolute Gasteiger partial charge is 0.305 e. The maximum atomic E-state index is 11.2. The van der Waals surface area contributed by atoms with E-state index in [4.69, 9.17) is 0 Å². The van der Waals surface area contributed by atoms with Crippen LogP contribution in [0.5, 0.6) is 0 Å². The molecule has 1 rings (SSSR count). The first-order valence-electron chi connectivity index (χ1n) is 7.01. The maximum absolute atomic E-state index is 11.2. The predicted molar refractivity (Wildman–Crippen MR) is 78.2 cm³/mol. The molecule has 0 saturated carbocycles. The molecule has 19 heavy (non-hydrogen) atoms. The Morgan fingerprint density at radius 1 is 1.21 bits per heavy atom. The summed E-state index contributed by atoms with van der Waals surface area (Å²) in [5.41, 5.74) is 1.08. The Hall–Kier alpha value is -1.35. The highest BCUT2D eigenvalue weighted by atomic mass is 16.4. The second-order valence-electron chi connectivity index (χ2n) is 5.32. The summed E-state index contributed by atoms with van der Waals surface area (Å²) in [5, 5.41) is 9.20. The lowest BCUT2D eigenvalue weighted by molar-refractivity contribution is -0.139. The largest absolute Gasteiger partial charge is 0.481 e. The molecule has 0 aromatic heterocycles. The zero-order chi connectivity index (χ0) is 14.4. The van der Waals surface area contributed by atoms with Gasteiger partial charge in [-0.25, -0.2) is 0 Å². The van der Waals surface area contributed by atoms with E-state index in [-0.39, 0.29) is 12.5 Å². The molecule has 3 nitrogen and oxygen atoms in total. The van der Waals surface area contributed by atoms with E-state index in [0.29, 0.717) is 12.1 Å². The van der Waals surface area contributed by atoms with Crippen molar-refractivity contribution in [2.24, 2.45) is 0 Å². The van der Waals surface area contributed by atoms with E-state index in [2.05, 4.69) is 32.6 Å². The van der Waals surface area contributed by atoms with Crippen LogP contribution >= 0.6 is 0 Å². The number of rotatable bonds is 7. The minimum atomic E-state index is -0.747. The summed E-state index contributed by atoms with van der Waals surface area (Å²) < 4.78 is 0. The SMILES string of the molecule is CCC(C)N(C(C)C)C(CC(=O)O)c1ccccc1. The Morgan fingerprint density at radius 3 is 2.21 bits per heavy atom. The lowest BCUT2D eigenvalue weighted by Crippen LogP contribution is -2.42. The van der Waals surface area contributed by atoms with Crippen molar-refractivity contribution in [3.63, 3.8) is 0 Å². The molecule has 0 heterocycles. The number of nitrogens with zero attached hydrogens (tertiary/aromatic N) is 1. The molecule has 1 aromatic rings. The van der Waals surface area contributed by atoms with E-state index in [1.54, 1.807) is 0 Å². The zero-order valence-corrected chi connectivity index (χ0v) is 12.3. The lowest BCUT2D eigenvalue weighted by Gasteiger charge is -2.39. The Bertz CT molecular complexity index is 389. The first kappa shape index (κ1) is 15.7. The van der Waals surface area contributed by atoms with Crippen LogP contribution < -0.4 is 0 Å². The van der Waals surface area contributed by atoms with Gasteiger partial charge < -0.3 is 5.11 Å². The van der Waals surface area contributed by atoms with Gasteiger partial charge in [-0.2, -0.15) is 0 Å². The fraction of sp³-hybridized carbons (Fsp3) is 0.562. The van der Waals surface area contributed by atoms with Gasteiger partial charge >= 0.3 is 5.97 Å². The molecule has 0 aliphatic heterocycles. The first-order chi connectivity index (χ1) is 8.97. The number of carboxylic acids is 1. The van der Waals surface area contributed by atoms with Crippen molar-refractivity contribution in [3.8, 4) is 0 Å². The first-order valence-corrected chi connectivity index (χ1v) is 7.01. The molecular formula is C16H25NO2. The molecule has 2 atom stereocenters. The molecule has 1 N–H and O–H groups in total. The van der Waals surface area contributed by atoms with Crippen LogP contribution in [-0.4, -0.2) is 28.1 Å². The third-order valence-corrected chi connectivity index (χ3v) is 3.61. The van der Waals surface area contributed by atoms with Gasteiger partial charge in [0, 0.05) is 18.1 Å². The number of carboxylic acid groups (broad SMARTS) is 1. The molecule has 2 unspecified atom stereocenters. The molecule has 106 valence electrons. The predicted octanol–water partition coefficient (Wildman–Crippen LogP) is 3.71. The van der Waals surface area contributed by atoms with Crippen LogP contribution in [0.15, 0.2) is 30.3 Å². The molecule has 0 aliphatic rings. The quantitative estimate of drug-likeness (QED) is 0.815. The summed E-state index contributed by atoms with van der Waals surface area (Å²) in [4.78, 5) is 13.5. The average molecular weight is 263 g/mol. The Labute approximate surface area is 116 Å². The van der Waals surface area contributed by atoms with Crippen LogP contribution in [0.4, 0.5) is 0 Å². The molecule has 0 fully saturated rings. The lowest BCUT2D eigenvalue weighted by atomic mass is 9.98. The summed E-state index contributed by atoms with van der Waals surface area (Å²) in [6, 6.07) is 10.6. The summed E-state index contributed by atoms with van der Waals surface area (Å²) in [5.74, 6) is -0.747.